The van der Waals surface area contributed by atoms with Crippen LogP contribution in [0.3, 0.4) is 0 Å². The molecule has 1 aromatic heterocycles. The third-order valence-electron chi connectivity index (χ3n) is 3.76. The fraction of sp³-hybridized carbons (Fsp3) is 0.400. The van der Waals surface area contributed by atoms with Crippen LogP contribution in [0.4, 0.5) is 0 Å². The molecule has 1 aliphatic heterocycles. The van der Waals surface area contributed by atoms with Gasteiger partial charge in [-0.2, -0.15) is 5.10 Å². The van der Waals surface area contributed by atoms with Gasteiger partial charge in [0.1, 0.15) is 5.69 Å². The molecule has 0 amide bonds. The molecule has 2 aromatic rings. The molecular formula is C15H19N3O2. The van der Waals surface area contributed by atoms with Crippen molar-refractivity contribution in [2.75, 3.05) is 7.11 Å². The molecule has 0 aliphatic carbocycles. The summed E-state index contributed by atoms with van der Waals surface area (Å²) < 4.78 is 12.7. The lowest BCUT2D eigenvalue weighted by Gasteiger charge is -2.16. The number of nitrogens with two attached hydrogens (primary N) is 1. The van der Waals surface area contributed by atoms with Gasteiger partial charge in [0.05, 0.1) is 32.6 Å². The zero-order valence-corrected chi connectivity index (χ0v) is 11.8. The second-order valence-corrected chi connectivity index (χ2v) is 4.91. The summed E-state index contributed by atoms with van der Waals surface area (Å²) in [6, 6.07) is 6.03. The third-order valence-corrected chi connectivity index (χ3v) is 3.76. The van der Waals surface area contributed by atoms with Crippen molar-refractivity contribution in [2.24, 2.45) is 5.73 Å². The lowest BCUT2D eigenvalue weighted by Crippen LogP contribution is -2.18. The molecule has 1 aromatic carbocycles. The van der Waals surface area contributed by atoms with E-state index in [1.165, 1.54) is 11.1 Å². The number of nitrogens with zero attached hydrogens (tertiary/aromatic N) is 2. The van der Waals surface area contributed by atoms with Crippen molar-refractivity contribution in [1.82, 2.24) is 9.78 Å². The molecule has 5 nitrogen and oxygen atoms in total. The number of rotatable bonds is 4. The zero-order valence-electron chi connectivity index (χ0n) is 11.8. The predicted molar refractivity (Wildman–Crippen MR) is 75.4 cm³/mol. The Morgan fingerprint density at radius 3 is 2.95 bits per heavy atom. The van der Waals surface area contributed by atoms with Gasteiger partial charge in [0.15, 0.2) is 5.75 Å². The molecule has 1 atom stereocenters. The molecule has 0 bridgehead atoms. The molecule has 0 saturated heterocycles. The SMILES string of the molecule is CCn1ncc(OC)c1C(N)c1ccc2c(c1)COC2. The summed E-state index contributed by atoms with van der Waals surface area (Å²) in [7, 11) is 1.64. The van der Waals surface area contributed by atoms with Gasteiger partial charge in [-0.1, -0.05) is 18.2 Å². The largest absolute Gasteiger partial charge is 0.493 e. The van der Waals surface area contributed by atoms with Crippen LogP contribution in [-0.4, -0.2) is 16.9 Å². The molecule has 5 heteroatoms. The molecule has 106 valence electrons. The van der Waals surface area contributed by atoms with E-state index in [9.17, 15) is 0 Å². The first-order valence-corrected chi connectivity index (χ1v) is 6.79. The molecule has 2 heterocycles. The third kappa shape index (κ3) is 2.09. The lowest BCUT2D eigenvalue weighted by atomic mass is 9.99. The average Bonchev–Trinajstić information content (AvgIpc) is 3.11. The van der Waals surface area contributed by atoms with Crippen LogP contribution in [0.1, 0.15) is 35.3 Å². The summed E-state index contributed by atoms with van der Waals surface area (Å²) in [5.41, 5.74) is 10.9. The Bertz CT molecular complexity index is 600. The first-order chi connectivity index (χ1) is 9.74. The van der Waals surface area contributed by atoms with Gasteiger partial charge in [-0.15, -0.1) is 0 Å². The summed E-state index contributed by atoms with van der Waals surface area (Å²) in [5.74, 6) is 0.732. The van der Waals surface area contributed by atoms with Crippen molar-refractivity contribution >= 4 is 0 Å². The Morgan fingerprint density at radius 1 is 1.40 bits per heavy atom. The minimum absolute atomic E-state index is 0.252. The van der Waals surface area contributed by atoms with Crippen LogP contribution in [0.15, 0.2) is 24.4 Å². The Kier molecular flexibility index (Phi) is 3.46. The fourth-order valence-corrected chi connectivity index (χ4v) is 2.64. The molecule has 3 rings (SSSR count). The monoisotopic (exact) mass is 273 g/mol. The first kappa shape index (κ1) is 13.1. The molecule has 0 saturated carbocycles. The molecule has 20 heavy (non-hydrogen) atoms. The number of hydrogen-bond donors (Lipinski definition) is 1. The van der Waals surface area contributed by atoms with Crippen LogP contribution < -0.4 is 10.5 Å². The second kappa shape index (κ2) is 5.26. The Hall–Kier alpha value is -1.85. The molecule has 1 aliphatic rings. The van der Waals surface area contributed by atoms with E-state index in [4.69, 9.17) is 15.2 Å². The minimum Gasteiger partial charge on any atom is -0.493 e. The lowest BCUT2D eigenvalue weighted by molar-refractivity contribution is 0.134. The van der Waals surface area contributed by atoms with Gasteiger partial charge >= 0.3 is 0 Å². The fourth-order valence-electron chi connectivity index (χ4n) is 2.64. The van der Waals surface area contributed by atoms with Crippen molar-refractivity contribution in [3.63, 3.8) is 0 Å². The maximum Gasteiger partial charge on any atom is 0.161 e. The molecular weight excluding hydrogens is 254 g/mol. The smallest absolute Gasteiger partial charge is 0.161 e. The van der Waals surface area contributed by atoms with Gasteiger partial charge in [0, 0.05) is 6.54 Å². The summed E-state index contributed by atoms with van der Waals surface area (Å²) in [6.45, 7) is 4.17. The first-order valence-electron chi connectivity index (χ1n) is 6.79. The average molecular weight is 273 g/mol. The van der Waals surface area contributed by atoms with Gasteiger partial charge in [0.2, 0.25) is 0 Å². The van der Waals surface area contributed by atoms with E-state index in [-0.39, 0.29) is 6.04 Å². The van der Waals surface area contributed by atoms with Gasteiger partial charge < -0.3 is 15.2 Å². The van der Waals surface area contributed by atoms with Crippen molar-refractivity contribution in [3.05, 3.63) is 46.8 Å². The van der Waals surface area contributed by atoms with E-state index in [0.717, 1.165) is 23.6 Å². The van der Waals surface area contributed by atoms with Crippen LogP contribution in [0.25, 0.3) is 0 Å². The number of hydrogen-bond acceptors (Lipinski definition) is 4. The highest BCUT2D eigenvalue weighted by Crippen LogP contribution is 2.30. The van der Waals surface area contributed by atoms with Crippen molar-refractivity contribution in [1.29, 1.82) is 0 Å². The number of aryl methyl sites for hydroxylation is 1. The standard InChI is InChI=1S/C15H19N3O2/c1-3-18-15(13(19-2)7-17-18)14(16)10-4-5-11-8-20-9-12(11)6-10/h4-7,14H,3,8-9,16H2,1-2H3. The van der Waals surface area contributed by atoms with Gasteiger partial charge in [-0.05, 0) is 23.6 Å². The highest BCUT2D eigenvalue weighted by Gasteiger charge is 2.21. The Labute approximate surface area is 118 Å². The summed E-state index contributed by atoms with van der Waals surface area (Å²) in [4.78, 5) is 0. The van der Waals surface area contributed by atoms with E-state index >= 15 is 0 Å². The normalized spacial score (nSPS) is 15.2. The maximum atomic E-state index is 6.43. The van der Waals surface area contributed by atoms with Crippen molar-refractivity contribution in [3.8, 4) is 5.75 Å². The molecule has 1 unspecified atom stereocenters. The van der Waals surface area contributed by atoms with E-state index in [0.29, 0.717) is 13.2 Å². The van der Waals surface area contributed by atoms with Crippen LogP contribution in [0.5, 0.6) is 5.75 Å². The highest BCUT2D eigenvalue weighted by atomic mass is 16.5. The number of aromatic nitrogens is 2. The zero-order chi connectivity index (χ0) is 14.1. The van der Waals surface area contributed by atoms with Gasteiger partial charge in [0.25, 0.3) is 0 Å². The molecule has 2 N–H and O–H groups in total. The van der Waals surface area contributed by atoms with Crippen LogP contribution in [0.2, 0.25) is 0 Å². The van der Waals surface area contributed by atoms with Crippen molar-refractivity contribution < 1.29 is 9.47 Å². The highest BCUT2D eigenvalue weighted by molar-refractivity contribution is 5.40. The van der Waals surface area contributed by atoms with Crippen LogP contribution >= 0.6 is 0 Å². The second-order valence-electron chi connectivity index (χ2n) is 4.91. The Morgan fingerprint density at radius 2 is 2.20 bits per heavy atom. The molecule has 0 spiro atoms. The molecule has 0 fully saturated rings. The topological polar surface area (TPSA) is 62.3 Å². The van der Waals surface area contributed by atoms with Gasteiger partial charge in [-0.3, -0.25) is 4.68 Å². The Balaban J connectivity index is 2.00. The summed E-state index contributed by atoms with van der Waals surface area (Å²) in [5, 5.41) is 4.31. The van der Waals surface area contributed by atoms with E-state index in [1.54, 1.807) is 13.3 Å². The van der Waals surface area contributed by atoms with Gasteiger partial charge in [-0.25, -0.2) is 0 Å². The quantitative estimate of drug-likeness (QED) is 0.925. The van der Waals surface area contributed by atoms with Crippen LogP contribution in [0, 0.1) is 0 Å². The summed E-state index contributed by atoms with van der Waals surface area (Å²) >= 11 is 0. The molecule has 0 radical (unpaired) electrons. The van der Waals surface area contributed by atoms with E-state index in [1.807, 2.05) is 11.6 Å². The maximum absolute atomic E-state index is 6.43. The summed E-state index contributed by atoms with van der Waals surface area (Å²) in [6.07, 6.45) is 1.72. The van der Waals surface area contributed by atoms with E-state index < -0.39 is 0 Å². The number of fused-ring (bicyclic) bond motifs is 1. The minimum atomic E-state index is -0.252. The number of ether oxygens (including phenoxy) is 2. The number of benzene rings is 1. The van der Waals surface area contributed by atoms with Crippen LogP contribution in [-0.2, 0) is 24.5 Å². The van der Waals surface area contributed by atoms with Crippen molar-refractivity contribution in [2.45, 2.75) is 32.7 Å². The number of methoxy groups -OCH3 is 1. The van der Waals surface area contributed by atoms with E-state index in [2.05, 4.69) is 23.3 Å². The predicted octanol–water partition coefficient (Wildman–Crippen LogP) is 1.99.